The molecule has 3 rings (SSSR count). The summed E-state index contributed by atoms with van der Waals surface area (Å²) in [4.78, 5) is 13.5. The van der Waals surface area contributed by atoms with Crippen LogP contribution in [-0.2, 0) is 20.6 Å². The van der Waals surface area contributed by atoms with Crippen LogP contribution >= 0.6 is 0 Å². The van der Waals surface area contributed by atoms with E-state index >= 15 is 0 Å². The molecule has 180 valence electrons. The number of fused-ring (bicyclic) bond motifs is 1. The predicted octanol–water partition coefficient (Wildman–Crippen LogP) is 7.40. The molecular formula is C28H46O3Si. The van der Waals surface area contributed by atoms with Gasteiger partial charge in [0.05, 0.1) is 18.3 Å². The molecule has 0 bridgehead atoms. The van der Waals surface area contributed by atoms with E-state index in [1.54, 1.807) is 0 Å². The molecule has 1 aromatic carbocycles. The number of carbonyl (C=O) groups is 1. The maximum absolute atomic E-state index is 13.5. The third-order valence-corrected chi connectivity index (χ3v) is 13.8. The highest BCUT2D eigenvalue weighted by Gasteiger charge is 2.61. The van der Waals surface area contributed by atoms with Gasteiger partial charge in [0.25, 0.3) is 0 Å². The van der Waals surface area contributed by atoms with Gasteiger partial charge in [-0.3, -0.25) is 4.79 Å². The van der Waals surface area contributed by atoms with Gasteiger partial charge in [-0.1, -0.05) is 71.9 Å². The summed E-state index contributed by atoms with van der Waals surface area (Å²) in [6.45, 7) is 21.1. The fourth-order valence-electron chi connectivity index (χ4n) is 6.03. The van der Waals surface area contributed by atoms with Crippen molar-refractivity contribution < 1.29 is 14.0 Å². The first kappa shape index (κ1) is 25.6. The molecule has 2 saturated carbocycles. The van der Waals surface area contributed by atoms with Gasteiger partial charge in [-0.15, -0.1) is 0 Å². The Balaban J connectivity index is 1.79. The Hall–Kier alpha value is -0.973. The van der Waals surface area contributed by atoms with Crippen molar-refractivity contribution >= 4 is 14.1 Å². The molecule has 5 atom stereocenters. The van der Waals surface area contributed by atoms with Gasteiger partial charge in [0.1, 0.15) is 5.78 Å². The summed E-state index contributed by atoms with van der Waals surface area (Å²) in [5, 5.41) is 0.150. The topological polar surface area (TPSA) is 35.5 Å². The first-order valence-corrected chi connectivity index (χ1v) is 15.5. The van der Waals surface area contributed by atoms with Crippen LogP contribution in [0.25, 0.3) is 0 Å². The van der Waals surface area contributed by atoms with Gasteiger partial charge in [0.2, 0.25) is 0 Å². The SMILES string of the molecule is CC(C)[C@]1(OCc2ccccc2)CC[C@]2(C)C[C@H]([C@@H](C)O[Si](C)(C)C(C)(C)C)C(=O)C[C@H]21. The van der Waals surface area contributed by atoms with Crippen molar-refractivity contribution in [3.63, 3.8) is 0 Å². The Morgan fingerprint density at radius 2 is 1.72 bits per heavy atom. The quantitative estimate of drug-likeness (QED) is 0.399. The van der Waals surface area contributed by atoms with Crippen LogP contribution in [0.2, 0.25) is 18.1 Å². The van der Waals surface area contributed by atoms with E-state index in [0.717, 1.165) is 19.3 Å². The normalized spacial score (nSPS) is 32.2. The van der Waals surface area contributed by atoms with Gasteiger partial charge in [-0.05, 0) is 61.2 Å². The monoisotopic (exact) mass is 458 g/mol. The van der Waals surface area contributed by atoms with Gasteiger partial charge in [-0.25, -0.2) is 0 Å². The maximum Gasteiger partial charge on any atom is 0.192 e. The number of ketones is 1. The molecule has 0 unspecified atom stereocenters. The molecule has 2 aliphatic rings. The second-order valence-corrected chi connectivity index (χ2v) is 17.4. The smallest absolute Gasteiger partial charge is 0.192 e. The van der Waals surface area contributed by atoms with E-state index in [0.29, 0.717) is 24.7 Å². The van der Waals surface area contributed by atoms with Gasteiger partial charge in [0, 0.05) is 18.3 Å². The second-order valence-electron chi connectivity index (χ2n) is 12.7. The average molecular weight is 459 g/mol. The highest BCUT2D eigenvalue weighted by Crippen LogP contribution is 2.61. The lowest BCUT2D eigenvalue weighted by Crippen LogP contribution is -2.53. The van der Waals surface area contributed by atoms with E-state index in [2.05, 4.69) is 85.8 Å². The summed E-state index contributed by atoms with van der Waals surface area (Å²) in [6.07, 6.45) is 3.70. The second kappa shape index (κ2) is 9.00. The number of hydrogen-bond donors (Lipinski definition) is 0. The third kappa shape index (κ3) is 4.79. The molecule has 0 spiro atoms. The van der Waals surface area contributed by atoms with Crippen LogP contribution in [0, 0.1) is 23.2 Å². The highest BCUT2D eigenvalue weighted by molar-refractivity contribution is 6.74. The summed E-state index contributed by atoms with van der Waals surface area (Å²) >= 11 is 0. The number of Topliss-reactive ketones (excluding diaryl/α,β-unsaturated/α-hetero) is 1. The lowest BCUT2D eigenvalue weighted by Gasteiger charge is -2.49. The third-order valence-electron chi connectivity index (χ3n) is 9.20. The first-order valence-electron chi connectivity index (χ1n) is 12.6. The van der Waals surface area contributed by atoms with Gasteiger partial charge < -0.3 is 9.16 Å². The first-order chi connectivity index (χ1) is 14.7. The summed E-state index contributed by atoms with van der Waals surface area (Å²) in [5.41, 5.74) is 1.11. The van der Waals surface area contributed by atoms with Crippen LogP contribution in [0.5, 0.6) is 0 Å². The zero-order valence-electron chi connectivity index (χ0n) is 22.0. The van der Waals surface area contributed by atoms with Crippen molar-refractivity contribution in [2.45, 2.75) is 111 Å². The average Bonchev–Trinajstić information content (AvgIpc) is 2.99. The fourth-order valence-corrected chi connectivity index (χ4v) is 7.47. The van der Waals surface area contributed by atoms with Gasteiger partial charge in [-0.2, -0.15) is 0 Å². The van der Waals surface area contributed by atoms with Crippen LogP contribution in [0.1, 0.15) is 79.7 Å². The Morgan fingerprint density at radius 3 is 2.28 bits per heavy atom. The van der Waals surface area contributed by atoms with Gasteiger partial charge >= 0.3 is 0 Å². The van der Waals surface area contributed by atoms with Crippen molar-refractivity contribution in [1.82, 2.24) is 0 Å². The molecular weight excluding hydrogens is 412 g/mol. The van der Waals surface area contributed by atoms with E-state index in [-0.39, 0.29) is 34.0 Å². The van der Waals surface area contributed by atoms with Crippen LogP contribution in [0.3, 0.4) is 0 Å². The number of rotatable bonds is 7. The summed E-state index contributed by atoms with van der Waals surface area (Å²) in [7, 11) is -1.91. The van der Waals surface area contributed by atoms with Gasteiger partial charge in [0.15, 0.2) is 8.32 Å². The molecule has 32 heavy (non-hydrogen) atoms. The maximum atomic E-state index is 13.5. The zero-order chi connectivity index (χ0) is 23.9. The summed E-state index contributed by atoms with van der Waals surface area (Å²) < 4.78 is 13.5. The van der Waals surface area contributed by atoms with Crippen molar-refractivity contribution in [2.24, 2.45) is 23.2 Å². The molecule has 0 amide bonds. The number of benzene rings is 1. The molecule has 2 aliphatic carbocycles. The highest BCUT2D eigenvalue weighted by atomic mass is 28.4. The largest absolute Gasteiger partial charge is 0.413 e. The van der Waals surface area contributed by atoms with Crippen LogP contribution in [0.15, 0.2) is 30.3 Å². The van der Waals surface area contributed by atoms with Crippen molar-refractivity contribution in [3.05, 3.63) is 35.9 Å². The fraction of sp³-hybridized carbons (Fsp3) is 0.750. The molecule has 0 aromatic heterocycles. The van der Waals surface area contributed by atoms with E-state index in [9.17, 15) is 4.79 Å². The number of ether oxygens (including phenoxy) is 1. The summed E-state index contributed by atoms with van der Waals surface area (Å²) in [5.74, 6) is 1.04. The number of carbonyl (C=O) groups excluding carboxylic acids is 1. The summed E-state index contributed by atoms with van der Waals surface area (Å²) in [6, 6.07) is 10.4. The molecule has 0 N–H and O–H groups in total. The lowest BCUT2D eigenvalue weighted by molar-refractivity contribution is -0.157. The molecule has 4 heteroatoms. The van der Waals surface area contributed by atoms with E-state index in [1.165, 1.54) is 5.56 Å². The predicted molar refractivity (Wildman–Crippen MR) is 135 cm³/mol. The minimum Gasteiger partial charge on any atom is -0.413 e. The minimum atomic E-state index is -1.91. The number of hydrogen-bond acceptors (Lipinski definition) is 3. The van der Waals surface area contributed by atoms with Crippen molar-refractivity contribution in [2.75, 3.05) is 0 Å². The van der Waals surface area contributed by atoms with Crippen LogP contribution < -0.4 is 0 Å². The van der Waals surface area contributed by atoms with E-state index in [1.807, 2.05) is 6.07 Å². The molecule has 0 radical (unpaired) electrons. The Labute approximate surface area is 197 Å². The van der Waals surface area contributed by atoms with Crippen LogP contribution in [-0.4, -0.2) is 25.8 Å². The lowest BCUT2D eigenvalue weighted by atomic mass is 9.60. The molecule has 3 nitrogen and oxygen atoms in total. The Bertz CT molecular complexity index is 797. The van der Waals surface area contributed by atoms with Crippen molar-refractivity contribution in [1.29, 1.82) is 0 Å². The molecule has 0 saturated heterocycles. The Kier molecular flexibility index (Phi) is 7.21. The Morgan fingerprint density at radius 1 is 1.09 bits per heavy atom. The van der Waals surface area contributed by atoms with Crippen molar-refractivity contribution in [3.8, 4) is 0 Å². The molecule has 0 heterocycles. The van der Waals surface area contributed by atoms with Crippen LogP contribution in [0.4, 0.5) is 0 Å². The minimum absolute atomic E-state index is 0.00228. The molecule has 2 fully saturated rings. The van der Waals surface area contributed by atoms with E-state index < -0.39 is 8.32 Å². The van der Waals surface area contributed by atoms with E-state index in [4.69, 9.17) is 9.16 Å². The molecule has 0 aliphatic heterocycles. The standard InChI is InChI=1S/C28H46O3Si/c1-20(2)28(30-19-22-13-11-10-12-14-22)16-15-27(7)18-23(24(29)17-25(27)28)21(3)31-32(8,9)26(4,5)6/h10-14,20-21,23,25H,15-19H2,1-9H3/t21-,23-,25-,27-,28-/m1/s1. The zero-order valence-corrected chi connectivity index (χ0v) is 23.0. The molecule has 1 aromatic rings.